The van der Waals surface area contributed by atoms with Crippen molar-refractivity contribution in [1.29, 1.82) is 0 Å². The van der Waals surface area contributed by atoms with Crippen molar-refractivity contribution in [1.82, 2.24) is 0 Å². The van der Waals surface area contributed by atoms with Crippen molar-refractivity contribution >= 4 is 9.76 Å². The van der Waals surface area contributed by atoms with Crippen LogP contribution < -0.4 is 0 Å². The molecular formula is C22H44O3Si. The van der Waals surface area contributed by atoms with Crippen molar-refractivity contribution in [3.63, 3.8) is 0 Å². The zero-order valence-electron chi connectivity index (χ0n) is 18.8. The summed E-state index contributed by atoms with van der Waals surface area (Å²) in [5, 5.41) is 10.8. The molecule has 0 aromatic heterocycles. The monoisotopic (exact) mass is 384 g/mol. The van der Waals surface area contributed by atoms with Crippen LogP contribution in [0.3, 0.4) is 0 Å². The van der Waals surface area contributed by atoms with Gasteiger partial charge in [0.1, 0.15) is 0 Å². The highest BCUT2D eigenvalue weighted by molar-refractivity contribution is 6.31. The van der Waals surface area contributed by atoms with E-state index in [9.17, 15) is 5.11 Å². The van der Waals surface area contributed by atoms with Gasteiger partial charge >= 0.3 is 0 Å². The summed E-state index contributed by atoms with van der Waals surface area (Å²) in [6.07, 6.45) is 5.94. The molecule has 0 radical (unpaired) electrons. The molecule has 1 rings (SSSR count). The smallest absolute Gasteiger partial charge is 0.167 e. The summed E-state index contributed by atoms with van der Waals surface area (Å²) in [4.78, 5) is 0. The largest absolute Gasteiger partial charge is 0.418 e. The van der Waals surface area contributed by atoms with Crippen LogP contribution in [0.4, 0.5) is 0 Å². The van der Waals surface area contributed by atoms with Gasteiger partial charge in [0.2, 0.25) is 0 Å². The van der Waals surface area contributed by atoms with Gasteiger partial charge < -0.3 is 14.3 Å². The Morgan fingerprint density at radius 2 is 1.81 bits per heavy atom. The molecular weight excluding hydrogens is 340 g/mol. The second kappa shape index (κ2) is 9.86. The summed E-state index contributed by atoms with van der Waals surface area (Å²) < 4.78 is 12.4. The lowest BCUT2D eigenvalue weighted by atomic mass is 9.66. The normalized spacial score (nSPS) is 29.1. The third-order valence-electron chi connectivity index (χ3n) is 5.72. The molecule has 4 atom stereocenters. The van der Waals surface area contributed by atoms with Crippen molar-refractivity contribution in [2.75, 3.05) is 7.11 Å². The molecule has 26 heavy (non-hydrogen) atoms. The molecule has 1 N–H and O–H groups in total. The van der Waals surface area contributed by atoms with Gasteiger partial charge in [-0.15, -0.1) is 0 Å². The van der Waals surface area contributed by atoms with E-state index in [2.05, 4.69) is 61.5 Å². The quantitative estimate of drug-likeness (QED) is 0.479. The van der Waals surface area contributed by atoms with Gasteiger partial charge in [0.15, 0.2) is 9.76 Å². The lowest BCUT2D eigenvalue weighted by molar-refractivity contribution is -0.113. The number of methoxy groups -OCH3 is 1. The molecule has 1 saturated carbocycles. The molecule has 0 aromatic carbocycles. The van der Waals surface area contributed by atoms with Gasteiger partial charge in [0.05, 0.1) is 17.8 Å². The average molecular weight is 385 g/mol. The Morgan fingerprint density at radius 3 is 2.31 bits per heavy atom. The number of ether oxygens (including phenoxy) is 1. The lowest BCUT2D eigenvalue weighted by Gasteiger charge is -2.48. The highest BCUT2D eigenvalue weighted by Gasteiger charge is 2.46. The second-order valence-electron chi connectivity index (χ2n) is 10.3. The van der Waals surface area contributed by atoms with E-state index in [1.807, 2.05) is 0 Å². The molecule has 0 aliphatic heterocycles. The Morgan fingerprint density at radius 1 is 1.19 bits per heavy atom. The highest BCUT2D eigenvalue weighted by atomic mass is 28.2. The minimum atomic E-state index is -0.632. The Labute approximate surface area is 164 Å². The van der Waals surface area contributed by atoms with Crippen LogP contribution in [0.1, 0.15) is 81.1 Å². The van der Waals surface area contributed by atoms with Crippen LogP contribution >= 0.6 is 0 Å². The van der Waals surface area contributed by atoms with E-state index in [0.29, 0.717) is 11.8 Å². The molecule has 0 heterocycles. The predicted molar refractivity (Wildman–Crippen MR) is 114 cm³/mol. The van der Waals surface area contributed by atoms with Crippen LogP contribution in [0, 0.1) is 17.8 Å². The fourth-order valence-corrected chi connectivity index (χ4v) is 5.13. The maximum atomic E-state index is 10.6. The summed E-state index contributed by atoms with van der Waals surface area (Å²) in [5.74, 6) is 1.31. The Hall–Kier alpha value is -0.163. The summed E-state index contributed by atoms with van der Waals surface area (Å²) in [6, 6.07) is 0. The predicted octanol–water partition coefficient (Wildman–Crippen LogP) is 4.87. The zero-order chi connectivity index (χ0) is 20.1. The van der Waals surface area contributed by atoms with Crippen LogP contribution in [0.25, 0.3) is 0 Å². The SMILES string of the molecule is COC1C(C(C)=CCCC(C)C)C(C(C)(C)O[SiH2]C(C)(C)C)CC[C@@H]1O. The number of hydrogen-bond donors (Lipinski definition) is 1. The molecule has 154 valence electrons. The molecule has 0 bridgehead atoms. The Kier molecular flexibility index (Phi) is 9.05. The first-order valence-corrected chi connectivity index (χ1v) is 11.7. The van der Waals surface area contributed by atoms with E-state index in [4.69, 9.17) is 9.16 Å². The number of hydrogen-bond acceptors (Lipinski definition) is 3. The summed E-state index contributed by atoms with van der Waals surface area (Å²) >= 11 is 0. The van der Waals surface area contributed by atoms with Crippen molar-refractivity contribution in [3.8, 4) is 0 Å². The maximum absolute atomic E-state index is 10.6. The van der Waals surface area contributed by atoms with Gasteiger partial charge in [-0.2, -0.15) is 0 Å². The molecule has 0 amide bonds. The van der Waals surface area contributed by atoms with E-state index < -0.39 is 9.76 Å². The van der Waals surface area contributed by atoms with Crippen LogP contribution in [0.5, 0.6) is 0 Å². The van der Waals surface area contributed by atoms with Gasteiger partial charge in [0.25, 0.3) is 0 Å². The number of allylic oxidation sites excluding steroid dienone is 1. The molecule has 4 heteroatoms. The van der Waals surface area contributed by atoms with Crippen LogP contribution in [0.15, 0.2) is 11.6 Å². The number of aliphatic hydroxyl groups excluding tert-OH is 1. The average Bonchev–Trinajstić information content (AvgIpc) is 2.51. The van der Waals surface area contributed by atoms with Gasteiger partial charge in [-0.25, -0.2) is 0 Å². The molecule has 3 nitrogen and oxygen atoms in total. The fraction of sp³-hybridized carbons (Fsp3) is 0.909. The first-order chi connectivity index (χ1) is 11.9. The molecule has 1 fully saturated rings. The minimum absolute atomic E-state index is 0.136. The van der Waals surface area contributed by atoms with Gasteiger partial charge in [-0.3, -0.25) is 0 Å². The third-order valence-corrected chi connectivity index (χ3v) is 7.47. The number of rotatable bonds is 8. The van der Waals surface area contributed by atoms with Crippen LogP contribution in [0.2, 0.25) is 5.04 Å². The number of aliphatic hydroxyl groups is 1. The third kappa shape index (κ3) is 7.10. The summed E-state index contributed by atoms with van der Waals surface area (Å²) in [6.45, 7) is 18.1. The molecule has 0 aromatic rings. The van der Waals surface area contributed by atoms with Crippen molar-refractivity contribution in [2.45, 2.75) is 104 Å². The van der Waals surface area contributed by atoms with E-state index in [0.717, 1.165) is 19.3 Å². The second-order valence-corrected chi connectivity index (χ2v) is 13.0. The summed E-state index contributed by atoms with van der Waals surface area (Å²) in [5.41, 5.74) is 1.17. The van der Waals surface area contributed by atoms with Crippen molar-refractivity contribution < 1.29 is 14.3 Å². The lowest BCUT2D eigenvalue weighted by Crippen LogP contribution is -2.52. The maximum Gasteiger partial charge on any atom is 0.167 e. The zero-order valence-corrected chi connectivity index (χ0v) is 20.2. The van der Waals surface area contributed by atoms with Crippen molar-refractivity contribution in [3.05, 3.63) is 11.6 Å². The van der Waals surface area contributed by atoms with Gasteiger partial charge in [-0.1, -0.05) is 46.3 Å². The molecule has 1 aliphatic rings. The minimum Gasteiger partial charge on any atom is -0.418 e. The Balaban J connectivity index is 3.05. The van der Waals surface area contributed by atoms with Crippen molar-refractivity contribution in [2.24, 2.45) is 17.8 Å². The van der Waals surface area contributed by atoms with Crippen LogP contribution in [-0.2, 0) is 9.16 Å². The summed E-state index contributed by atoms with van der Waals surface area (Å²) in [7, 11) is 1.11. The topological polar surface area (TPSA) is 38.7 Å². The first kappa shape index (κ1) is 23.9. The van der Waals surface area contributed by atoms with E-state index in [-0.39, 0.29) is 28.8 Å². The standard InChI is InChI=1S/C22H44O3Si/c1-15(2)11-10-12-16(3)19-17(13-14-18(23)20(19)24-9)22(7,8)25-26-21(4,5)6/h12,15,17-20,23H,10-11,13-14,26H2,1-9H3/t17?,18-,19?,20?/m0/s1. The van der Waals surface area contributed by atoms with Gasteiger partial charge in [-0.05, 0) is 63.3 Å². The highest BCUT2D eigenvalue weighted by Crippen LogP contribution is 2.44. The molecule has 0 saturated heterocycles. The molecule has 0 spiro atoms. The Bertz CT molecular complexity index is 451. The molecule has 1 aliphatic carbocycles. The van der Waals surface area contributed by atoms with Crippen LogP contribution in [-0.4, -0.2) is 39.8 Å². The fourth-order valence-electron chi connectivity index (χ4n) is 4.11. The van der Waals surface area contributed by atoms with E-state index in [1.165, 1.54) is 12.0 Å². The molecule has 3 unspecified atom stereocenters. The van der Waals surface area contributed by atoms with Gasteiger partial charge in [0, 0.05) is 13.0 Å². The van der Waals surface area contributed by atoms with E-state index >= 15 is 0 Å². The first-order valence-electron chi connectivity index (χ1n) is 10.4. The van der Waals surface area contributed by atoms with E-state index in [1.54, 1.807) is 7.11 Å².